The first-order chi connectivity index (χ1) is 56.3. The molecule has 17 rings (SSSR count). The highest BCUT2D eigenvalue weighted by Gasteiger charge is 2.39. The van der Waals surface area contributed by atoms with Crippen LogP contribution in [0.15, 0.2) is 59.2 Å². The van der Waals surface area contributed by atoms with Gasteiger partial charge in [-0.25, -0.2) is 83.6 Å². The van der Waals surface area contributed by atoms with Crippen molar-refractivity contribution in [3.8, 4) is 5.69 Å². The highest BCUT2D eigenvalue weighted by molar-refractivity contribution is 6.45. The maximum absolute atomic E-state index is 12.8. The lowest BCUT2D eigenvalue weighted by Crippen LogP contribution is -2.52. The van der Waals surface area contributed by atoms with E-state index in [1.807, 2.05) is 20.8 Å². The Kier molecular flexibility index (Phi) is 32.6. The Bertz CT molecular complexity index is 5250. The summed E-state index contributed by atoms with van der Waals surface area (Å²) < 4.78 is 6.67. The number of anilines is 3. The van der Waals surface area contributed by atoms with E-state index in [4.69, 9.17) is 188 Å². The van der Waals surface area contributed by atoms with E-state index in [0.29, 0.717) is 52.9 Å². The van der Waals surface area contributed by atoms with E-state index in [0.717, 1.165) is 130 Å². The lowest BCUT2D eigenvalue weighted by molar-refractivity contribution is 0.0201. The number of rotatable bonds is 12. The van der Waals surface area contributed by atoms with E-state index >= 15 is 0 Å². The predicted octanol–water partition coefficient (Wildman–Crippen LogP) is 16.4. The molecular formula is C73H75BCl13N21O11. The van der Waals surface area contributed by atoms with Crippen molar-refractivity contribution in [2.45, 2.75) is 171 Å². The van der Waals surface area contributed by atoms with Crippen molar-refractivity contribution in [3.63, 3.8) is 0 Å². The summed E-state index contributed by atoms with van der Waals surface area (Å²) in [6.45, 7) is 10.0. The maximum Gasteiger partial charge on any atom is 0.454 e. The van der Waals surface area contributed by atoms with Crippen molar-refractivity contribution >= 4 is 216 Å². The first kappa shape index (κ1) is 93.6. The van der Waals surface area contributed by atoms with E-state index < -0.39 is 47.8 Å². The van der Waals surface area contributed by atoms with Gasteiger partial charge in [-0.15, -0.1) is 0 Å². The number of pyridine rings is 4. The molecule has 0 unspecified atom stereocenters. The number of ether oxygens (including phenoxy) is 1. The van der Waals surface area contributed by atoms with Gasteiger partial charge < -0.3 is 52.6 Å². The number of primary amides is 1. The maximum atomic E-state index is 12.8. The van der Waals surface area contributed by atoms with E-state index in [1.54, 1.807) is 17.6 Å². The van der Waals surface area contributed by atoms with Gasteiger partial charge in [-0.1, -0.05) is 164 Å². The minimum atomic E-state index is -1.19. The third kappa shape index (κ3) is 26.7. The normalized spacial score (nSPS) is 16.3. The minimum absolute atomic E-state index is 0.00772. The summed E-state index contributed by atoms with van der Waals surface area (Å²) in [6, 6.07) is 4.79. The number of fused-ring (bicyclic) bond motifs is 1. The zero-order valence-corrected chi connectivity index (χ0v) is 73.2. The van der Waals surface area contributed by atoms with E-state index in [1.165, 1.54) is 61.1 Å². The number of carboxylic acid groups (broad SMARTS) is 1. The molecule has 632 valence electrons. The van der Waals surface area contributed by atoms with Crippen LogP contribution in [0.2, 0.25) is 72.3 Å². The smallest absolute Gasteiger partial charge is 0.454 e. The molecule has 0 aromatic carbocycles. The Morgan fingerprint density at radius 2 is 0.916 bits per heavy atom. The molecule has 1 aliphatic heterocycles. The number of carboxylic acids is 1. The Hall–Kier alpha value is -7.68. The lowest BCUT2D eigenvalue weighted by Gasteiger charge is -2.33. The molecule has 13 N–H and O–H groups in total. The highest BCUT2D eigenvalue weighted by Crippen LogP contribution is 2.50. The lowest BCUT2D eigenvalue weighted by atomic mass is 9.84. The molecule has 9 aromatic heterocycles. The van der Waals surface area contributed by atoms with Gasteiger partial charge in [0.25, 0.3) is 17.4 Å². The van der Waals surface area contributed by atoms with Gasteiger partial charge in [0.15, 0.2) is 16.0 Å². The molecule has 10 heterocycles. The molecule has 7 saturated carbocycles. The quantitative estimate of drug-likeness (QED) is 0.0308. The molecule has 32 nitrogen and oxygen atoms in total. The standard InChI is InChI=1S/C17H14Cl3N5O2.C17H13Cl2N5O2.C10H13N3.C10H20N2O2.C6H3Cl3N2O.C6H2Cl3NO2.C4H3Cl2N3.C3H7BO2/c18-10-5-9(14(19)24-15(10)20)16(26)25-17(27)23-13-11(7-1-2-7)21-6-22-12(13)8-3-4-8;18-10-5-9-15(22-14(10)19)24(17(26)23-16(9)25)13-11(7-1-2-7)20-6-21-12(13)8-3-4-8;11-8-9(6-1-2-6)12-5-13-10(8)7-3-4-7;1-8-7-12(6-5-11-8)9(13)14-10(2,3)4;7-3-1-2(6(10)12)4(8)11-5(3)9;7-3-1-2(6(11)12)4(8)10-5(3)9;5-3-2(7)4(6)9-1-8-3;5-4(6)3-1-2-3/h5-8H,1-4H2,(H2,23,25,26,27);5-8H,1-4H2,(H,23,25,26);5-7H,1-4,11H2;8,11H,5-7H2,1-4H3;1H,(H2,10,12);1H,(H,11,12);1H,7H2;3,5-6H,1-2H2/t;;;8-;;;;/m...0..../s1. The van der Waals surface area contributed by atoms with E-state index in [9.17, 15) is 33.6 Å². The fourth-order valence-electron chi connectivity index (χ4n) is 11.2. The number of urea groups is 1. The zero-order valence-electron chi connectivity index (χ0n) is 63.3. The van der Waals surface area contributed by atoms with Crippen LogP contribution in [0.4, 0.5) is 26.7 Å². The van der Waals surface area contributed by atoms with Gasteiger partial charge in [0.2, 0.25) is 0 Å². The molecule has 0 bridgehead atoms. The van der Waals surface area contributed by atoms with Gasteiger partial charge in [0.05, 0.1) is 93.4 Å². The largest absolute Gasteiger partial charge is 0.478 e. The molecule has 1 atom stereocenters. The van der Waals surface area contributed by atoms with Crippen LogP contribution in [0.5, 0.6) is 0 Å². The Morgan fingerprint density at radius 1 is 0.521 bits per heavy atom. The molecule has 0 radical (unpaired) electrons. The van der Waals surface area contributed by atoms with Crippen molar-refractivity contribution in [3.05, 3.63) is 188 Å². The second kappa shape index (κ2) is 41.5. The fourth-order valence-corrected chi connectivity index (χ4v) is 13.5. The third-order valence-corrected chi connectivity index (χ3v) is 22.4. The van der Waals surface area contributed by atoms with Crippen LogP contribution in [0, 0.1) is 0 Å². The molecule has 1 saturated heterocycles. The number of H-pyrrole nitrogens is 1. The van der Waals surface area contributed by atoms with Gasteiger partial charge in [-0.2, -0.15) is 0 Å². The number of hydrogen-bond donors (Lipinski definition) is 10. The number of aromatic amines is 1. The summed E-state index contributed by atoms with van der Waals surface area (Å²) in [5, 5.41) is 34.0. The molecule has 5 amide bonds. The summed E-state index contributed by atoms with van der Waals surface area (Å²) in [5.74, 6) is 0.115. The number of nitrogens with two attached hydrogens (primary N) is 3. The Morgan fingerprint density at radius 3 is 1.33 bits per heavy atom. The topological polar surface area (TPSA) is 482 Å². The van der Waals surface area contributed by atoms with Gasteiger partial charge in [-0.05, 0) is 135 Å². The zero-order chi connectivity index (χ0) is 86.8. The Labute approximate surface area is 744 Å². The number of hydrogen-bond acceptors (Lipinski definition) is 25. The van der Waals surface area contributed by atoms with Gasteiger partial charge in [0.1, 0.15) is 72.7 Å². The first-order valence-electron chi connectivity index (χ1n) is 36.8. The van der Waals surface area contributed by atoms with Gasteiger partial charge in [-0.3, -0.25) is 24.7 Å². The molecule has 9 aromatic rings. The van der Waals surface area contributed by atoms with E-state index in [-0.39, 0.29) is 112 Å². The van der Waals surface area contributed by atoms with E-state index in [2.05, 4.69) is 87.7 Å². The minimum Gasteiger partial charge on any atom is -0.478 e. The number of halogens is 13. The van der Waals surface area contributed by atoms with Crippen molar-refractivity contribution in [1.29, 1.82) is 0 Å². The van der Waals surface area contributed by atoms with Crippen LogP contribution in [0.3, 0.4) is 0 Å². The average molecular weight is 1890 g/mol. The predicted molar refractivity (Wildman–Crippen MR) is 459 cm³/mol. The van der Waals surface area contributed by atoms with Crippen LogP contribution in [-0.2, 0) is 4.74 Å². The monoisotopic (exact) mass is 1890 g/mol. The van der Waals surface area contributed by atoms with Crippen LogP contribution < -0.4 is 44.4 Å². The van der Waals surface area contributed by atoms with Crippen molar-refractivity contribution in [1.82, 2.24) is 84.9 Å². The van der Waals surface area contributed by atoms with Crippen molar-refractivity contribution in [2.24, 2.45) is 5.73 Å². The number of imide groups is 1. The van der Waals surface area contributed by atoms with Crippen molar-refractivity contribution in [2.75, 3.05) is 36.4 Å². The number of piperazine rings is 1. The second-order valence-electron chi connectivity index (χ2n) is 29.2. The first-order valence-corrected chi connectivity index (χ1v) is 41.7. The molecule has 7 aliphatic carbocycles. The van der Waals surface area contributed by atoms with Gasteiger partial charge in [0, 0.05) is 61.2 Å². The molecule has 0 spiro atoms. The van der Waals surface area contributed by atoms with Crippen LogP contribution in [0.1, 0.15) is 218 Å². The van der Waals surface area contributed by atoms with Crippen LogP contribution in [0.25, 0.3) is 16.7 Å². The molecular weight excluding hydrogens is 1820 g/mol. The van der Waals surface area contributed by atoms with Gasteiger partial charge >= 0.3 is 30.9 Å². The number of carbonyl (C=O) groups is 5. The number of nitrogens with one attached hydrogen (secondary N) is 4. The van der Waals surface area contributed by atoms with Crippen LogP contribution >= 0.6 is 151 Å². The number of amides is 5. The fraction of sp³-hybridized carbons (Fsp3) is 0.411. The summed E-state index contributed by atoms with van der Waals surface area (Å²) in [5.41, 5.74) is 22.7. The second-order valence-corrected chi connectivity index (χ2v) is 34.1. The molecule has 8 fully saturated rings. The number of nitrogen functional groups attached to an aromatic ring is 2. The molecule has 8 aliphatic rings. The highest BCUT2D eigenvalue weighted by atomic mass is 35.5. The summed E-state index contributed by atoms with van der Waals surface area (Å²) >= 11 is 73.6. The SMILES string of the molecule is C[C@H]1CN(C(=O)OC(C)(C)C)CCN1.NC(=O)c1cc(Cl)c(Cl)nc1Cl.Nc1c(C2CC2)ncnc1C1CC1.Nc1c(Cl)ncnc1Cl.O=C(NC(=O)c1cc(Cl)c(Cl)nc1Cl)Nc1c(C2CC2)ncnc1C1CC1.O=C(O)c1cc(Cl)c(Cl)nc1Cl.O=c1[nH]c(=O)n(-c2c(C3CC3)ncnc2C2CC2)c2nc(Cl)c(Cl)cc12.OB(O)C1CC1. The summed E-state index contributed by atoms with van der Waals surface area (Å²) in [6.07, 6.45) is 21.0. The molecule has 119 heavy (non-hydrogen) atoms. The van der Waals surface area contributed by atoms with Crippen LogP contribution in [-0.4, -0.2) is 158 Å². The number of nitrogens with zero attached hydrogens (tertiary/aromatic N) is 14. The summed E-state index contributed by atoms with van der Waals surface area (Å²) in [4.78, 5) is 135. The third-order valence-electron chi connectivity index (χ3n) is 18.2. The van der Waals surface area contributed by atoms with Crippen molar-refractivity contribution < 1.29 is 43.9 Å². The number of aromatic nitrogens is 14. The number of aromatic carboxylic acids is 1. The average Bonchev–Trinajstić information content (AvgIpc) is 1.71. The summed E-state index contributed by atoms with van der Waals surface area (Å²) in [7, 11) is -1.04. The Balaban J connectivity index is 0.000000149. The molecule has 46 heteroatoms. The number of carbonyl (C=O) groups excluding carboxylic acids is 4.